The summed E-state index contributed by atoms with van der Waals surface area (Å²) >= 11 is 6.16. The smallest absolute Gasteiger partial charge is 0.263 e. The SMILES string of the molecule is COc1ccccc1NS(=O)(=O)c1cc(C(=O)N(C)Cc2ccccc2)ccc1Cl. The average Bonchev–Trinajstić information content (AvgIpc) is 2.74. The summed E-state index contributed by atoms with van der Waals surface area (Å²) in [4.78, 5) is 14.2. The molecule has 0 unspecified atom stereocenters. The molecule has 3 rings (SSSR count). The third-order valence-electron chi connectivity index (χ3n) is 4.43. The van der Waals surface area contributed by atoms with E-state index in [9.17, 15) is 13.2 Å². The molecular weight excluding hydrogens is 424 g/mol. The van der Waals surface area contributed by atoms with Crippen molar-refractivity contribution in [3.63, 3.8) is 0 Å². The highest BCUT2D eigenvalue weighted by atomic mass is 35.5. The van der Waals surface area contributed by atoms with Crippen molar-refractivity contribution >= 4 is 33.2 Å². The van der Waals surface area contributed by atoms with Crippen molar-refractivity contribution in [1.82, 2.24) is 4.90 Å². The van der Waals surface area contributed by atoms with E-state index < -0.39 is 10.0 Å². The predicted molar refractivity (Wildman–Crippen MR) is 117 cm³/mol. The molecule has 1 amide bonds. The second-order valence-electron chi connectivity index (χ2n) is 6.60. The Balaban J connectivity index is 1.88. The number of amides is 1. The van der Waals surface area contributed by atoms with Crippen LogP contribution in [0.15, 0.2) is 77.7 Å². The molecule has 0 heterocycles. The van der Waals surface area contributed by atoms with E-state index >= 15 is 0 Å². The zero-order chi connectivity index (χ0) is 21.7. The van der Waals surface area contributed by atoms with Crippen molar-refractivity contribution in [3.05, 3.63) is 88.9 Å². The normalized spacial score (nSPS) is 11.0. The minimum Gasteiger partial charge on any atom is -0.495 e. The molecule has 3 aromatic carbocycles. The van der Waals surface area contributed by atoms with Gasteiger partial charge in [-0.05, 0) is 35.9 Å². The van der Waals surface area contributed by atoms with Crippen LogP contribution in [0.4, 0.5) is 5.69 Å². The topological polar surface area (TPSA) is 75.7 Å². The molecule has 0 fully saturated rings. The van der Waals surface area contributed by atoms with Crippen LogP contribution >= 0.6 is 11.6 Å². The standard InChI is InChI=1S/C22H21ClN2O4S/c1-25(15-16-8-4-3-5-9-16)22(26)17-12-13-18(23)21(14-17)30(27,28)24-19-10-6-7-11-20(19)29-2/h3-14,24H,15H2,1-2H3. The molecule has 0 aromatic heterocycles. The molecule has 0 aliphatic heterocycles. The molecule has 6 nitrogen and oxygen atoms in total. The maximum absolute atomic E-state index is 13.0. The van der Waals surface area contributed by atoms with Crippen molar-refractivity contribution in [2.75, 3.05) is 18.9 Å². The molecule has 156 valence electrons. The lowest BCUT2D eigenvalue weighted by Gasteiger charge is -2.18. The van der Waals surface area contributed by atoms with Gasteiger partial charge in [-0.15, -0.1) is 0 Å². The molecule has 3 aromatic rings. The van der Waals surface area contributed by atoms with Gasteiger partial charge in [-0.3, -0.25) is 9.52 Å². The maximum Gasteiger partial charge on any atom is 0.263 e. The Morgan fingerprint density at radius 1 is 1.03 bits per heavy atom. The molecule has 0 aliphatic carbocycles. The van der Waals surface area contributed by atoms with Gasteiger partial charge >= 0.3 is 0 Å². The number of ether oxygens (including phenoxy) is 1. The highest BCUT2D eigenvalue weighted by Gasteiger charge is 2.22. The molecule has 0 aliphatic rings. The Labute approximate surface area is 181 Å². The van der Waals surface area contributed by atoms with Gasteiger partial charge in [0.15, 0.2) is 0 Å². The monoisotopic (exact) mass is 444 g/mol. The minimum atomic E-state index is -4.05. The number of hydrogen-bond donors (Lipinski definition) is 1. The van der Waals surface area contributed by atoms with Crippen molar-refractivity contribution in [1.29, 1.82) is 0 Å². The summed E-state index contributed by atoms with van der Waals surface area (Å²) in [5.74, 6) is 0.0521. The molecular formula is C22H21ClN2O4S. The van der Waals surface area contributed by atoms with E-state index in [1.165, 1.54) is 30.2 Å². The van der Waals surface area contributed by atoms with Gasteiger partial charge in [-0.1, -0.05) is 54.1 Å². The lowest BCUT2D eigenvalue weighted by Crippen LogP contribution is -2.26. The van der Waals surface area contributed by atoms with Gasteiger partial charge in [0, 0.05) is 19.2 Å². The first-order valence-electron chi connectivity index (χ1n) is 9.06. The number of nitrogens with zero attached hydrogens (tertiary/aromatic N) is 1. The quantitative estimate of drug-likeness (QED) is 0.585. The van der Waals surface area contributed by atoms with Crippen molar-refractivity contribution < 1.29 is 17.9 Å². The van der Waals surface area contributed by atoms with Crippen LogP contribution < -0.4 is 9.46 Å². The first kappa shape index (κ1) is 21.7. The van der Waals surface area contributed by atoms with Crippen LogP contribution in [0.2, 0.25) is 5.02 Å². The third-order valence-corrected chi connectivity index (χ3v) is 6.28. The number of carbonyl (C=O) groups is 1. The van der Waals surface area contributed by atoms with Crippen molar-refractivity contribution in [3.8, 4) is 5.75 Å². The number of hydrogen-bond acceptors (Lipinski definition) is 4. The van der Waals surface area contributed by atoms with Crippen LogP contribution in [0.3, 0.4) is 0 Å². The Morgan fingerprint density at radius 3 is 2.40 bits per heavy atom. The molecule has 0 atom stereocenters. The van der Waals surface area contributed by atoms with E-state index in [2.05, 4.69) is 4.72 Å². The molecule has 0 radical (unpaired) electrons. The summed E-state index contributed by atoms with van der Waals surface area (Å²) in [5, 5.41) is 0.0136. The second-order valence-corrected chi connectivity index (χ2v) is 8.66. The summed E-state index contributed by atoms with van der Waals surface area (Å²) < 4.78 is 33.6. The molecule has 1 N–H and O–H groups in total. The molecule has 30 heavy (non-hydrogen) atoms. The van der Waals surface area contributed by atoms with Crippen LogP contribution in [0.1, 0.15) is 15.9 Å². The fourth-order valence-corrected chi connectivity index (χ4v) is 4.52. The number of methoxy groups -OCH3 is 1. The lowest BCUT2D eigenvalue weighted by molar-refractivity contribution is 0.0785. The number of carbonyl (C=O) groups excluding carboxylic acids is 1. The van der Waals surface area contributed by atoms with E-state index in [4.69, 9.17) is 16.3 Å². The summed E-state index contributed by atoms with van der Waals surface area (Å²) in [7, 11) is -0.946. The van der Waals surface area contributed by atoms with Gasteiger partial charge in [-0.25, -0.2) is 8.42 Å². The lowest BCUT2D eigenvalue weighted by atomic mass is 10.1. The molecule has 0 saturated heterocycles. The fraction of sp³-hybridized carbons (Fsp3) is 0.136. The predicted octanol–water partition coefficient (Wildman–Crippen LogP) is 4.42. The number of halogens is 1. The second kappa shape index (κ2) is 9.19. The van der Waals surface area contributed by atoms with Gasteiger partial charge in [0.2, 0.25) is 0 Å². The first-order valence-corrected chi connectivity index (χ1v) is 10.9. The average molecular weight is 445 g/mol. The van der Waals surface area contributed by atoms with Crippen LogP contribution in [-0.2, 0) is 16.6 Å². The molecule has 0 saturated carbocycles. The molecule has 8 heteroatoms. The zero-order valence-electron chi connectivity index (χ0n) is 16.5. The number of sulfonamides is 1. The number of para-hydroxylation sites is 2. The van der Waals surface area contributed by atoms with Crippen LogP contribution in [0, 0.1) is 0 Å². The fourth-order valence-electron chi connectivity index (χ4n) is 2.92. The van der Waals surface area contributed by atoms with Crippen LogP contribution in [0.25, 0.3) is 0 Å². The Kier molecular flexibility index (Phi) is 6.64. The van der Waals surface area contributed by atoms with E-state index in [0.29, 0.717) is 12.3 Å². The number of nitrogens with one attached hydrogen (secondary N) is 1. The van der Waals surface area contributed by atoms with Gasteiger partial charge in [0.1, 0.15) is 10.6 Å². The van der Waals surface area contributed by atoms with Gasteiger partial charge in [0.25, 0.3) is 15.9 Å². The Hall–Kier alpha value is -3.03. The van der Waals surface area contributed by atoms with E-state index in [-0.39, 0.29) is 27.1 Å². The van der Waals surface area contributed by atoms with Gasteiger partial charge in [0.05, 0.1) is 17.8 Å². The summed E-state index contributed by atoms with van der Waals surface area (Å²) in [6.45, 7) is 0.393. The van der Waals surface area contributed by atoms with Crippen LogP contribution in [-0.4, -0.2) is 33.4 Å². The van der Waals surface area contributed by atoms with Gasteiger partial charge in [-0.2, -0.15) is 0 Å². The largest absolute Gasteiger partial charge is 0.495 e. The van der Waals surface area contributed by atoms with Crippen molar-refractivity contribution in [2.45, 2.75) is 11.4 Å². The Bertz CT molecular complexity index is 1150. The Morgan fingerprint density at radius 2 is 1.70 bits per heavy atom. The number of anilines is 1. The summed E-state index contributed by atoms with van der Waals surface area (Å²) in [6.07, 6.45) is 0. The summed E-state index contributed by atoms with van der Waals surface area (Å²) in [6, 6.07) is 20.3. The van der Waals surface area contributed by atoms with Crippen LogP contribution in [0.5, 0.6) is 5.75 Å². The zero-order valence-corrected chi connectivity index (χ0v) is 18.1. The maximum atomic E-state index is 13.0. The van der Waals surface area contributed by atoms with Gasteiger partial charge < -0.3 is 9.64 Å². The first-order chi connectivity index (χ1) is 14.3. The van der Waals surface area contributed by atoms with Crippen molar-refractivity contribution in [2.24, 2.45) is 0 Å². The summed E-state index contributed by atoms with van der Waals surface area (Å²) in [5.41, 5.74) is 1.46. The highest BCUT2D eigenvalue weighted by Crippen LogP contribution is 2.29. The van der Waals surface area contributed by atoms with E-state index in [0.717, 1.165) is 5.56 Å². The molecule has 0 bridgehead atoms. The van der Waals surface area contributed by atoms with E-state index in [1.54, 1.807) is 31.3 Å². The number of rotatable bonds is 7. The highest BCUT2D eigenvalue weighted by molar-refractivity contribution is 7.92. The minimum absolute atomic E-state index is 0.0136. The molecule has 0 spiro atoms. The third kappa shape index (κ3) is 4.93. The van der Waals surface area contributed by atoms with E-state index in [1.807, 2.05) is 30.3 Å². The number of benzene rings is 3.